The standard InChI is InChI=1S/C16H18N4O/c1-10-6-7-12(9-19-10)21-16-13(15(17)18)8-11-4-2-3-5-14(11)20-16/h6-9H,2-5H2,1H3,(H3,17,18). The van der Waals surface area contributed by atoms with Crippen molar-refractivity contribution in [2.45, 2.75) is 32.6 Å². The molecule has 5 nitrogen and oxygen atoms in total. The SMILES string of the molecule is Cc1ccc(Oc2nc3c(cc2C(=N)N)CCCC3)cn1. The Balaban J connectivity index is 1.99. The van der Waals surface area contributed by atoms with Gasteiger partial charge in [0.25, 0.3) is 0 Å². The van der Waals surface area contributed by atoms with Gasteiger partial charge in [-0.25, -0.2) is 4.98 Å². The Morgan fingerprint density at radius 1 is 1.29 bits per heavy atom. The molecule has 0 fully saturated rings. The molecule has 0 unspecified atom stereocenters. The average molecular weight is 282 g/mol. The van der Waals surface area contributed by atoms with E-state index in [1.165, 1.54) is 5.56 Å². The molecule has 3 rings (SSSR count). The van der Waals surface area contributed by atoms with Gasteiger partial charge in [0.05, 0.1) is 11.8 Å². The summed E-state index contributed by atoms with van der Waals surface area (Å²) in [5, 5.41) is 7.74. The van der Waals surface area contributed by atoms with Crippen LogP contribution in [0.25, 0.3) is 0 Å². The Morgan fingerprint density at radius 3 is 2.81 bits per heavy atom. The number of ether oxygens (including phenoxy) is 1. The van der Waals surface area contributed by atoms with Gasteiger partial charge in [0.1, 0.15) is 11.6 Å². The summed E-state index contributed by atoms with van der Waals surface area (Å²) in [6, 6.07) is 5.66. The highest BCUT2D eigenvalue weighted by atomic mass is 16.5. The second-order valence-electron chi connectivity index (χ2n) is 5.31. The number of nitrogens with two attached hydrogens (primary N) is 1. The molecular formula is C16H18N4O. The minimum atomic E-state index is -0.0223. The predicted octanol–water partition coefficient (Wildman–Crippen LogP) is 2.74. The van der Waals surface area contributed by atoms with E-state index in [-0.39, 0.29) is 5.84 Å². The Morgan fingerprint density at radius 2 is 2.10 bits per heavy atom. The number of aryl methyl sites for hydroxylation is 3. The number of amidine groups is 1. The Hall–Kier alpha value is -2.43. The van der Waals surface area contributed by atoms with Gasteiger partial charge in [0, 0.05) is 11.4 Å². The van der Waals surface area contributed by atoms with Gasteiger partial charge in [-0.1, -0.05) is 0 Å². The molecule has 1 aliphatic carbocycles. The quantitative estimate of drug-likeness (QED) is 0.669. The number of rotatable bonds is 3. The van der Waals surface area contributed by atoms with Crippen LogP contribution in [0.15, 0.2) is 24.4 Å². The first-order valence-corrected chi connectivity index (χ1v) is 7.11. The van der Waals surface area contributed by atoms with E-state index in [0.717, 1.165) is 37.1 Å². The molecule has 1 aliphatic rings. The lowest BCUT2D eigenvalue weighted by atomic mass is 9.95. The van der Waals surface area contributed by atoms with E-state index in [2.05, 4.69) is 9.97 Å². The lowest BCUT2D eigenvalue weighted by Gasteiger charge is -2.18. The second-order valence-corrected chi connectivity index (χ2v) is 5.31. The summed E-state index contributed by atoms with van der Waals surface area (Å²) >= 11 is 0. The minimum absolute atomic E-state index is 0.0223. The third kappa shape index (κ3) is 2.86. The number of hydrogen-bond donors (Lipinski definition) is 2. The molecule has 5 heteroatoms. The molecule has 21 heavy (non-hydrogen) atoms. The maximum absolute atomic E-state index is 7.74. The van der Waals surface area contributed by atoms with Crippen molar-refractivity contribution < 1.29 is 4.74 Å². The van der Waals surface area contributed by atoms with Crippen molar-refractivity contribution in [1.29, 1.82) is 5.41 Å². The predicted molar refractivity (Wildman–Crippen MR) is 80.9 cm³/mol. The average Bonchev–Trinajstić information content (AvgIpc) is 2.48. The first kappa shape index (κ1) is 13.5. The van der Waals surface area contributed by atoms with E-state index in [0.29, 0.717) is 17.2 Å². The molecule has 0 bridgehead atoms. The molecule has 0 aromatic carbocycles. The van der Waals surface area contributed by atoms with Crippen molar-refractivity contribution in [3.05, 3.63) is 46.9 Å². The van der Waals surface area contributed by atoms with Crippen LogP contribution < -0.4 is 10.5 Å². The molecule has 2 aromatic rings. The molecule has 0 atom stereocenters. The molecule has 3 N–H and O–H groups in total. The normalized spacial score (nSPS) is 13.6. The fourth-order valence-electron chi connectivity index (χ4n) is 2.51. The number of nitrogens with zero attached hydrogens (tertiary/aromatic N) is 2. The van der Waals surface area contributed by atoms with Crippen molar-refractivity contribution in [3.63, 3.8) is 0 Å². The highest BCUT2D eigenvalue weighted by Crippen LogP contribution is 2.28. The summed E-state index contributed by atoms with van der Waals surface area (Å²) in [5.74, 6) is 0.978. The Labute approximate surface area is 123 Å². The number of aromatic nitrogens is 2. The Bertz CT molecular complexity index is 679. The van der Waals surface area contributed by atoms with Crippen molar-refractivity contribution in [3.8, 4) is 11.6 Å². The van der Waals surface area contributed by atoms with Crippen LogP contribution in [0.1, 0.15) is 35.4 Å². The third-order valence-electron chi connectivity index (χ3n) is 3.65. The van der Waals surface area contributed by atoms with Gasteiger partial charge in [-0.05, 0) is 56.4 Å². The first-order chi connectivity index (χ1) is 10.1. The lowest BCUT2D eigenvalue weighted by Crippen LogP contribution is -2.16. The van der Waals surface area contributed by atoms with E-state index < -0.39 is 0 Å². The summed E-state index contributed by atoms with van der Waals surface area (Å²) in [6.45, 7) is 1.92. The van der Waals surface area contributed by atoms with E-state index in [1.807, 2.05) is 25.1 Å². The van der Waals surface area contributed by atoms with Crippen LogP contribution in [-0.2, 0) is 12.8 Å². The van der Waals surface area contributed by atoms with E-state index in [9.17, 15) is 0 Å². The van der Waals surface area contributed by atoms with E-state index in [1.54, 1.807) is 6.20 Å². The molecule has 0 amide bonds. The number of fused-ring (bicyclic) bond motifs is 1. The third-order valence-corrected chi connectivity index (χ3v) is 3.65. The Kier molecular flexibility index (Phi) is 3.56. The van der Waals surface area contributed by atoms with Crippen molar-refractivity contribution in [2.75, 3.05) is 0 Å². The van der Waals surface area contributed by atoms with Crippen LogP contribution in [0.4, 0.5) is 0 Å². The second kappa shape index (κ2) is 5.52. The number of pyridine rings is 2. The number of hydrogen-bond acceptors (Lipinski definition) is 4. The van der Waals surface area contributed by atoms with Crippen LogP contribution in [0.3, 0.4) is 0 Å². The van der Waals surface area contributed by atoms with Gasteiger partial charge in [0.15, 0.2) is 0 Å². The van der Waals surface area contributed by atoms with Crippen molar-refractivity contribution in [1.82, 2.24) is 9.97 Å². The molecule has 0 saturated carbocycles. The van der Waals surface area contributed by atoms with Gasteiger partial charge in [0.2, 0.25) is 5.88 Å². The summed E-state index contributed by atoms with van der Waals surface area (Å²) in [6.07, 6.45) is 5.91. The lowest BCUT2D eigenvalue weighted by molar-refractivity contribution is 0.454. The fraction of sp³-hybridized carbons (Fsp3) is 0.312. The van der Waals surface area contributed by atoms with Gasteiger partial charge < -0.3 is 10.5 Å². The zero-order valence-corrected chi connectivity index (χ0v) is 12.0. The monoisotopic (exact) mass is 282 g/mol. The molecule has 0 saturated heterocycles. The van der Waals surface area contributed by atoms with Crippen LogP contribution in [0.5, 0.6) is 11.6 Å². The van der Waals surface area contributed by atoms with Crippen molar-refractivity contribution in [2.24, 2.45) is 5.73 Å². The topological polar surface area (TPSA) is 84.9 Å². The number of nitrogen functional groups attached to an aromatic ring is 1. The number of nitrogens with one attached hydrogen (secondary N) is 1. The summed E-state index contributed by atoms with van der Waals surface area (Å²) in [5.41, 5.74) is 9.39. The zero-order valence-electron chi connectivity index (χ0n) is 12.0. The molecule has 0 spiro atoms. The maximum Gasteiger partial charge on any atom is 0.230 e. The van der Waals surface area contributed by atoms with Crippen LogP contribution in [-0.4, -0.2) is 15.8 Å². The highest BCUT2D eigenvalue weighted by Gasteiger charge is 2.18. The first-order valence-electron chi connectivity index (χ1n) is 7.11. The summed E-state index contributed by atoms with van der Waals surface area (Å²) < 4.78 is 5.80. The molecule has 0 radical (unpaired) electrons. The van der Waals surface area contributed by atoms with E-state index >= 15 is 0 Å². The van der Waals surface area contributed by atoms with Gasteiger partial charge in [-0.15, -0.1) is 0 Å². The van der Waals surface area contributed by atoms with Crippen LogP contribution in [0.2, 0.25) is 0 Å². The fourth-order valence-corrected chi connectivity index (χ4v) is 2.51. The highest BCUT2D eigenvalue weighted by molar-refractivity contribution is 5.97. The van der Waals surface area contributed by atoms with Crippen LogP contribution >= 0.6 is 0 Å². The summed E-state index contributed by atoms with van der Waals surface area (Å²) in [4.78, 5) is 8.78. The smallest absolute Gasteiger partial charge is 0.230 e. The van der Waals surface area contributed by atoms with Gasteiger partial charge in [-0.2, -0.15) is 0 Å². The molecule has 2 aromatic heterocycles. The molecule has 2 heterocycles. The summed E-state index contributed by atoms with van der Waals surface area (Å²) in [7, 11) is 0. The van der Waals surface area contributed by atoms with E-state index in [4.69, 9.17) is 15.9 Å². The largest absolute Gasteiger partial charge is 0.437 e. The molecule has 108 valence electrons. The van der Waals surface area contributed by atoms with Crippen LogP contribution in [0, 0.1) is 12.3 Å². The minimum Gasteiger partial charge on any atom is -0.437 e. The van der Waals surface area contributed by atoms with Gasteiger partial charge >= 0.3 is 0 Å². The molecule has 0 aliphatic heterocycles. The maximum atomic E-state index is 7.74. The molecular weight excluding hydrogens is 264 g/mol. The van der Waals surface area contributed by atoms with Gasteiger partial charge in [-0.3, -0.25) is 10.4 Å². The zero-order chi connectivity index (χ0) is 14.8. The van der Waals surface area contributed by atoms with Crippen molar-refractivity contribution >= 4 is 5.84 Å².